The van der Waals surface area contributed by atoms with Crippen molar-refractivity contribution < 1.29 is 37.6 Å². The lowest BCUT2D eigenvalue weighted by Gasteiger charge is -2.18. The first-order valence-corrected chi connectivity index (χ1v) is 9.36. The van der Waals surface area contributed by atoms with Gasteiger partial charge in [0.05, 0.1) is 10.5 Å². The zero-order chi connectivity index (χ0) is 23.9. The minimum Gasteiger partial charge on any atom is -0.454 e. The Bertz CT molecular complexity index is 1400. The van der Waals surface area contributed by atoms with E-state index in [4.69, 9.17) is 4.74 Å². The predicted molar refractivity (Wildman–Crippen MR) is 107 cm³/mol. The highest BCUT2D eigenvalue weighted by molar-refractivity contribution is 6.30. The summed E-state index contributed by atoms with van der Waals surface area (Å²) < 4.78 is 31.8. The van der Waals surface area contributed by atoms with Gasteiger partial charge in [0.2, 0.25) is 11.6 Å². The number of carbonyl (C=O) groups excluding carboxylic acids is 4. The molecule has 0 N–H and O–H groups in total. The van der Waals surface area contributed by atoms with Crippen LogP contribution in [0, 0.1) is 21.7 Å². The SMILES string of the molecule is O=C(COC(=O)c1ccc2c(c1[N+](=O)[O-])C(=O)c1ccccc1C2=O)c1cc(F)ccc1F. The van der Waals surface area contributed by atoms with E-state index in [1.165, 1.54) is 24.3 Å². The Balaban J connectivity index is 1.69. The van der Waals surface area contributed by atoms with Crippen LogP contribution in [0.1, 0.15) is 52.6 Å². The van der Waals surface area contributed by atoms with E-state index in [0.29, 0.717) is 6.07 Å². The van der Waals surface area contributed by atoms with Gasteiger partial charge in [-0.1, -0.05) is 24.3 Å². The van der Waals surface area contributed by atoms with Crippen molar-refractivity contribution in [1.82, 2.24) is 0 Å². The van der Waals surface area contributed by atoms with Crippen molar-refractivity contribution in [2.45, 2.75) is 0 Å². The Kier molecular flexibility index (Phi) is 5.34. The van der Waals surface area contributed by atoms with Crippen LogP contribution in [0.4, 0.5) is 14.5 Å². The van der Waals surface area contributed by atoms with Crippen LogP contribution in [0.5, 0.6) is 0 Å². The molecule has 0 saturated carbocycles. The van der Waals surface area contributed by atoms with Crippen molar-refractivity contribution in [3.63, 3.8) is 0 Å². The molecule has 33 heavy (non-hydrogen) atoms. The first kappa shape index (κ1) is 21.6. The average Bonchev–Trinajstić information content (AvgIpc) is 2.81. The summed E-state index contributed by atoms with van der Waals surface area (Å²) in [6.07, 6.45) is 0. The molecule has 1 aliphatic rings. The lowest BCUT2D eigenvalue weighted by Crippen LogP contribution is -2.24. The minimum atomic E-state index is -1.35. The van der Waals surface area contributed by atoms with Gasteiger partial charge in [0.25, 0.3) is 5.69 Å². The lowest BCUT2D eigenvalue weighted by atomic mass is 9.82. The van der Waals surface area contributed by atoms with E-state index in [1.54, 1.807) is 0 Å². The molecule has 3 aromatic rings. The van der Waals surface area contributed by atoms with Crippen molar-refractivity contribution in [3.8, 4) is 0 Å². The highest BCUT2D eigenvalue weighted by Gasteiger charge is 2.39. The van der Waals surface area contributed by atoms with Crippen molar-refractivity contribution in [3.05, 3.63) is 110 Å². The number of ether oxygens (including phenoxy) is 1. The molecule has 0 spiro atoms. The van der Waals surface area contributed by atoms with E-state index in [1.807, 2.05) is 0 Å². The van der Waals surface area contributed by atoms with Gasteiger partial charge in [-0.15, -0.1) is 0 Å². The Labute approximate surface area is 183 Å². The van der Waals surface area contributed by atoms with E-state index in [9.17, 15) is 38.1 Å². The summed E-state index contributed by atoms with van der Waals surface area (Å²) in [5.74, 6) is -5.81. The maximum absolute atomic E-state index is 13.7. The largest absolute Gasteiger partial charge is 0.454 e. The van der Waals surface area contributed by atoms with Crippen LogP contribution < -0.4 is 0 Å². The third-order valence-corrected chi connectivity index (χ3v) is 5.03. The maximum Gasteiger partial charge on any atom is 0.345 e. The fourth-order valence-electron chi connectivity index (χ4n) is 3.52. The van der Waals surface area contributed by atoms with E-state index >= 15 is 0 Å². The molecule has 0 fully saturated rings. The first-order chi connectivity index (χ1) is 15.7. The standard InChI is InChI=1S/C23H11F2NO7/c24-11-5-8-17(25)16(9-11)18(27)10-33-23(30)15-7-6-14-19(20(15)26(31)32)22(29)13-4-2-1-3-12(13)21(14)28/h1-9H,10H2. The summed E-state index contributed by atoms with van der Waals surface area (Å²) in [7, 11) is 0. The number of benzene rings is 3. The van der Waals surface area contributed by atoms with Crippen LogP contribution in [0.25, 0.3) is 0 Å². The van der Waals surface area contributed by atoms with Gasteiger partial charge in [0.15, 0.2) is 12.4 Å². The molecule has 0 aliphatic heterocycles. The molecule has 0 aromatic heterocycles. The van der Waals surface area contributed by atoms with Crippen LogP contribution in [0.2, 0.25) is 0 Å². The Hall–Kier alpha value is -4.60. The summed E-state index contributed by atoms with van der Waals surface area (Å²) in [5.41, 5.74) is -3.09. The van der Waals surface area contributed by atoms with Gasteiger partial charge in [0.1, 0.15) is 22.8 Å². The summed E-state index contributed by atoms with van der Waals surface area (Å²) in [6, 6.07) is 9.92. The monoisotopic (exact) mass is 451 g/mol. The minimum absolute atomic E-state index is 0.0552. The normalized spacial score (nSPS) is 12.1. The fourth-order valence-corrected chi connectivity index (χ4v) is 3.52. The highest BCUT2D eigenvalue weighted by Crippen LogP contribution is 2.35. The summed E-state index contributed by atoms with van der Waals surface area (Å²) >= 11 is 0. The molecule has 4 rings (SSSR count). The van der Waals surface area contributed by atoms with E-state index in [2.05, 4.69) is 0 Å². The smallest absolute Gasteiger partial charge is 0.345 e. The second kappa shape index (κ2) is 8.15. The molecule has 0 saturated heterocycles. The number of rotatable bonds is 5. The second-order valence-electron chi connectivity index (χ2n) is 6.97. The van der Waals surface area contributed by atoms with Gasteiger partial charge in [-0.05, 0) is 30.3 Å². The third-order valence-electron chi connectivity index (χ3n) is 5.03. The molecule has 1 aliphatic carbocycles. The topological polar surface area (TPSA) is 121 Å². The van der Waals surface area contributed by atoms with E-state index in [0.717, 1.165) is 24.3 Å². The first-order valence-electron chi connectivity index (χ1n) is 9.36. The molecule has 0 atom stereocenters. The molecule has 164 valence electrons. The molecule has 0 radical (unpaired) electrons. The number of nitro groups is 1. The summed E-state index contributed by atoms with van der Waals surface area (Å²) in [6.45, 7) is -1.04. The van der Waals surface area contributed by atoms with Gasteiger partial charge in [-0.3, -0.25) is 24.5 Å². The van der Waals surface area contributed by atoms with Gasteiger partial charge in [0, 0.05) is 16.7 Å². The Morgan fingerprint density at radius 3 is 2.21 bits per heavy atom. The van der Waals surface area contributed by atoms with Crippen molar-refractivity contribution in [1.29, 1.82) is 0 Å². The van der Waals surface area contributed by atoms with Gasteiger partial charge < -0.3 is 4.74 Å². The highest BCUT2D eigenvalue weighted by atomic mass is 19.1. The number of nitrogens with zero attached hydrogens (tertiary/aromatic N) is 1. The third kappa shape index (κ3) is 3.67. The van der Waals surface area contributed by atoms with Crippen molar-refractivity contribution in [2.75, 3.05) is 6.61 Å². The van der Waals surface area contributed by atoms with Crippen LogP contribution in [-0.2, 0) is 4.74 Å². The molecule has 0 amide bonds. The van der Waals surface area contributed by atoms with E-state index < -0.39 is 68.9 Å². The number of ketones is 3. The lowest BCUT2D eigenvalue weighted by molar-refractivity contribution is -0.385. The fraction of sp³-hybridized carbons (Fsp3) is 0.0435. The number of hydrogen-bond donors (Lipinski definition) is 0. The Morgan fingerprint density at radius 2 is 1.55 bits per heavy atom. The van der Waals surface area contributed by atoms with Gasteiger partial charge in [-0.2, -0.15) is 0 Å². The van der Waals surface area contributed by atoms with Crippen LogP contribution in [0.3, 0.4) is 0 Å². The van der Waals surface area contributed by atoms with E-state index in [-0.39, 0.29) is 16.7 Å². The zero-order valence-corrected chi connectivity index (χ0v) is 16.5. The average molecular weight is 451 g/mol. The van der Waals surface area contributed by atoms with Crippen LogP contribution in [0.15, 0.2) is 54.6 Å². The van der Waals surface area contributed by atoms with Crippen LogP contribution >= 0.6 is 0 Å². The number of hydrogen-bond acceptors (Lipinski definition) is 7. The van der Waals surface area contributed by atoms with Crippen LogP contribution in [-0.4, -0.2) is 34.8 Å². The van der Waals surface area contributed by atoms with Crippen molar-refractivity contribution in [2.24, 2.45) is 0 Å². The number of Topliss-reactive ketones (excluding diaryl/α,β-unsaturated/α-hetero) is 1. The van der Waals surface area contributed by atoms with Gasteiger partial charge >= 0.3 is 5.97 Å². The quantitative estimate of drug-likeness (QED) is 0.196. The number of halogens is 2. The molecule has 10 heteroatoms. The summed E-state index contributed by atoms with van der Waals surface area (Å²) in [5, 5.41) is 11.8. The molecule has 3 aromatic carbocycles. The number of fused-ring (bicyclic) bond motifs is 2. The predicted octanol–water partition coefficient (Wildman–Crippen LogP) is 3.69. The molecule has 0 unspecified atom stereocenters. The Morgan fingerprint density at radius 1 is 0.879 bits per heavy atom. The van der Waals surface area contributed by atoms with Gasteiger partial charge in [-0.25, -0.2) is 13.6 Å². The number of carbonyl (C=O) groups is 4. The van der Waals surface area contributed by atoms with Crippen molar-refractivity contribution >= 4 is 29.0 Å². The number of esters is 1. The second-order valence-corrected chi connectivity index (χ2v) is 6.97. The molecule has 8 nitrogen and oxygen atoms in total. The molecule has 0 bridgehead atoms. The number of nitro benzene ring substituents is 1. The molecular formula is C23H11F2NO7. The maximum atomic E-state index is 13.7. The zero-order valence-electron chi connectivity index (χ0n) is 16.5. The molecule has 0 heterocycles. The summed E-state index contributed by atoms with van der Waals surface area (Å²) in [4.78, 5) is 61.1. The molecular weight excluding hydrogens is 440 g/mol.